The first kappa shape index (κ1) is 22.0. The van der Waals surface area contributed by atoms with E-state index in [-0.39, 0.29) is 30.2 Å². The molecule has 0 radical (unpaired) electrons. The summed E-state index contributed by atoms with van der Waals surface area (Å²) < 4.78 is 29.1. The molecule has 0 N–H and O–H groups in total. The zero-order valence-corrected chi connectivity index (χ0v) is 19.3. The first-order valence-electron chi connectivity index (χ1n) is 11.0. The Morgan fingerprint density at radius 2 is 2.06 bits per heavy atom. The van der Waals surface area contributed by atoms with Crippen molar-refractivity contribution in [2.24, 2.45) is 5.41 Å². The van der Waals surface area contributed by atoms with Crippen LogP contribution in [0.4, 0.5) is 0 Å². The quantitative estimate of drug-likeness (QED) is 0.681. The lowest BCUT2D eigenvalue weighted by Crippen LogP contribution is -2.52. The SMILES string of the molecule is CCS(=O)(=O)N1C[C@@H](c2ccnn2C(C)C)[C@@]2(CCCN(Cc3cccnc3)C2=O)C1. The van der Waals surface area contributed by atoms with Crippen LogP contribution >= 0.6 is 0 Å². The second kappa shape index (κ2) is 8.35. The van der Waals surface area contributed by atoms with Crippen molar-refractivity contribution in [3.8, 4) is 0 Å². The minimum atomic E-state index is -3.41. The standard InChI is InChI=1S/C22H31N5O3S/c1-4-31(29,30)26-15-19(20-8-11-24-27(20)17(2)3)22(16-26)9-6-12-25(21(22)28)14-18-7-5-10-23-13-18/h5,7-8,10-11,13,17,19H,4,6,9,12,14-16H2,1-3H3/t19-,22+/m0/s1. The van der Waals surface area contributed by atoms with Gasteiger partial charge >= 0.3 is 0 Å². The average Bonchev–Trinajstić information content (AvgIpc) is 3.38. The predicted molar refractivity (Wildman–Crippen MR) is 118 cm³/mol. The normalized spacial score (nSPS) is 25.1. The molecule has 1 spiro atoms. The van der Waals surface area contributed by atoms with Crippen LogP contribution in [0.25, 0.3) is 0 Å². The molecule has 9 heteroatoms. The molecule has 2 fully saturated rings. The summed E-state index contributed by atoms with van der Waals surface area (Å²) in [6.07, 6.45) is 6.77. The molecule has 8 nitrogen and oxygen atoms in total. The predicted octanol–water partition coefficient (Wildman–Crippen LogP) is 2.42. The molecule has 2 saturated heterocycles. The van der Waals surface area contributed by atoms with Crippen LogP contribution in [0.1, 0.15) is 56.8 Å². The van der Waals surface area contributed by atoms with Crippen LogP contribution < -0.4 is 0 Å². The fourth-order valence-electron chi connectivity index (χ4n) is 5.11. The molecule has 4 heterocycles. The molecule has 0 aliphatic carbocycles. The number of piperidine rings is 1. The highest BCUT2D eigenvalue weighted by Crippen LogP contribution is 2.50. The smallest absolute Gasteiger partial charge is 0.231 e. The molecule has 2 aliphatic rings. The van der Waals surface area contributed by atoms with Gasteiger partial charge in [0.2, 0.25) is 15.9 Å². The van der Waals surface area contributed by atoms with E-state index < -0.39 is 15.4 Å². The van der Waals surface area contributed by atoms with E-state index in [1.54, 1.807) is 25.5 Å². The summed E-state index contributed by atoms with van der Waals surface area (Å²) in [7, 11) is -3.41. The lowest BCUT2D eigenvalue weighted by molar-refractivity contribution is -0.147. The zero-order chi connectivity index (χ0) is 22.2. The third kappa shape index (κ3) is 3.89. The van der Waals surface area contributed by atoms with E-state index in [2.05, 4.69) is 23.9 Å². The number of hydrogen-bond donors (Lipinski definition) is 0. The molecule has 168 valence electrons. The van der Waals surface area contributed by atoms with Crippen molar-refractivity contribution in [3.05, 3.63) is 48.0 Å². The maximum absolute atomic E-state index is 14.0. The lowest BCUT2D eigenvalue weighted by Gasteiger charge is -2.42. The van der Waals surface area contributed by atoms with Crippen LogP contribution in [0.5, 0.6) is 0 Å². The number of amides is 1. The number of pyridine rings is 1. The summed E-state index contributed by atoms with van der Waals surface area (Å²) in [6.45, 7) is 7.48. The van der Waals surface area contributed by atoms with E-state index in [1.165, 1.54) is 4.31 Å². The van der Waals surface area contributed by atoms with Crippen molar-refractivity contribution in [2.75, 3.05) is 25.4 Å². The van der Waals surface area contributed by atoms with Gasteiger partial charge in [-0.1, -0.05) is 6.07 Å². The molecule has 0 bridgehead atoms. The van der Waals surface area contributed by atoms with Crippen molar-refractivity contribution >= 4 is 15.9 Å². The van der Waals surface area contributed by atoms with Crippen LogP contribution in [-0.2, 0) is 21.4 Å². The highest BCUT2D eigenvalue weighted by Gasteiger charge is 2.58. The number of aromatic nitrogens is 3. The Bertz CT molecular complexity index is 1040. The van der Waals surface area contributed by atoms with Crippen LogP contribution in [-0.4, -0.2) is 63.7 Å². The maximum atomic E-state index is 14.0. The van der Waals surface area contributed by atoms with Gasteiger partial charge in [-0.05, 0) is 51.3 Å². The minimum Gasteiger partial charge on any atom is -0.338 e. The summed E-state index contributed by atoms with van der Waals surface area (Å²) in [6, 6.07) is 5.91. The van der Waals surface area contributed by atoms with Gasteiger partial charge in [0, 0.05) is 62.4 Å². The molecule has 2 aliphatic heterocycles. The second-order valence-electron chi connectivity index (χ2n) is 8.89. The van der Waals surface area contributed by atoms with Gasteiger partial charge in [0.15, 0.2) is 0 Å². The van der Waals surface area contributed by atoms with Crippen LogP contribution in [0.15, 0.2) is 36.8 Å². The highest BCUT2D eigenvalue weighted by atomic mass is 32.2. The van der Waals surface area contributed by atoms with Crippen LogP contribution in [0.3, 0.4) is 0 Å². The van der Waals surface area contributed by atoms with Gasteiger partial charge in [0.1, 0.15) is 0 Å². The second-order valence-corrected chi connectivity index (χ2v) is 11.1. The fraction of sp³-hybridized carbons (Fsp3) is 0.591. The van der Waals surface area contributed by atoms with Crippen molar-refractivity contribution in [3.63, 3.8) is 0 Å². The Labute approximate surface area is 184 Å². The van der Waals surface area contributed by atoms with E-state index in [1.807, 2.05) is 27.8 Å². The number of carbonyl (C=O) groups excluding carboxylic acids is 1. The van der Waals surface area contributed by atoms with E-state index in [0.717, 1.165) is 17.7 Å². The van der Waals surface area contributed by atoms with Gasteiger partial charge in [-0.15, -0.1) is 0 Å². The Kier molecular flexibility index (Phi) is 5.91. The number of carbonyl (C=O) groups is 1. The van der Waals surface area contributed by atoms with E-state index in [0.29, 0.717) is 26.1 Å². The Balaban J connectivity index is 1.74. The van der Waals surface area contributed by atoms with Gasteiger partial charge in [-0.2, -0.15) is 5.10 Å². The van der Waals surface area contributed by atoms with E-state index in [4.69, 9.17) is 0 Å². The lowest BCUT2D eigenvalue weighted by atomic mass is 9.70. The van der Waals surface area contributed by atoms with Gasteiger partial charge < -0.3 is 4.90 Å². The van der Waals surface area contributed by atoms with Crippen LogP contribution in [0.2, 0.25) is 0 Å². The minimum absolute atomic E-state index is 0.0346. The third-order valence-corrected chi connectivity index (χ3v) is 8.47. The summed E-state index contributed by atoms with van der Waals surface area (Å²) in [5, 5.41) is 4.47. The number of rotatable bonds is 6. The molecule has 0 unspecified atom stereocenters. The van der Waals surface area contributed by atoms with Crippen molar-refractivity contribution in [1.82, 2.24) is 24.0 Å². The first-order chi connectivity index (χ1) is 14.8. The Morgan fingerprint density at radius 1 is 1.26 bits per heavy atom. The summed E-state index contributed by atoms with van der Waals surface area (Å²) in [4.78, 5) is 20.0. The number of sulfonamides is 1. The van der Waals surface area contributed by atoms with Gasteiger partial charge in [-0.25, -0.2) is 12.7 Å². The summed E-state index contributed by atoms with van der Waals surface area (Å²) in [5.74, 6) is -0.145. The maximum Gasteiger partial charge on any atom is 0.231 e. The average molecular weight is 446 g/mol. The molecular weight excluding hydrogens is 414 g/mol. The molecule has 0 aromatic carbocycles. The van der Waals surface area contributed by atoms with Gasteiger partial charge in [0.25, 0.3) is 0 Å². The van der Waals surface area contributed by atoms with E-state index >= 15 is 0 Å². The monoisotopic (exact) mass is 445 g/mol. The Hall–Kier alpha value is -2.26. The highest BCUT2D eigenvalue weighted by molar-refractivity contribution is 7.89. The van der Waals surface area contributed by atoms with E-state index in [9.17, 15) is 13.2 Å². The van der Waals surface area contributed by atoms with Crippen molar-refractivity contribution in [2.45, 2.75) is 52.1 Å². The van der Waals surface area contributed by atoms with Gasteiger partial charge in [0.05, 0.1) is 11.2 Å². The Morgan fingerprint density at radius 3 is 2.74 bits per heavy atom. The fourth-order valence-corrected chi connectivity index (χ4v) is 6.28. The molecular formula is C22H31N5O3S. The molecule has 2 aromatic heterocycles. The van der Waals surface area contributed by atoms with Gasteiger partial charge in [-0.3, -0.25) is 14.5 Å². The van der Waals surface area contributed by atoms with Crippen LogP contribution in [0, 0.1) is 5.41 Å². The van der Waals surface area contributed by atoms with Crippen molar-refractivity contribution < 1.29 is 13.2 Å². The molecule has 2 atom stereocenters. The van der Waals surface area contributed by atoms with Crippen molar-refractivity contribution in [1.29, 1.82) is 0 Å². The molecule has 0 saturated carbocycles. The first-order valence-corrected chi connectivity index (χ1v) is 12.6. The summed E-state index contributed by atoms with van der Waals surface area (Å²) in [5.41, 5.74) is 1.16. The topological polar surface area (TPSA) is 88.4 Å². The number of hydrogen-bond acceptors (Lipinski definition) is 5. The largest absolute Gasteiger partial charge is 0.338 e. The number of nitrogens with zero attached hydrogens (tertiary/aromatic N) is 5. The molecule has 4 rings (SSSR count). The molecule has 1 amide bonds. The zero-order valence-electron chi connectivity index (χ0n) is 18.4. The number of likely N-dealkylation sites (tertiary alicyclic amines) is 1. The third-order valence-electron chi connectivity index (χ3n) is 6.68. The summed E-state index contributed by atoms with van der Waals surface area (Å²) >= 11 is 0. The molecule has 31 heavy (non-hydrogen) atoms. The molecule has 2 aromatic rings.